The van der Waals surface area contributed by atoms with Crippen LogP contribution < -0.4 is 9.62 Å². The first-order chi connectivity index (χ1) is 14.7. The highest BCUT2D eigenvalue weighted by Crippen LogP contribution is 2.39. The Bertz CT molecular complexity index is 1250. The molecular weight excluding hydrogens is 427 g/mol. The summed E-state index contributed by atoms with van der Waals surface area (Å²) in [5.41, 5.74) is 1.94. The molecule has 0 radical (unpaired) electrons. The van der Waals surface area contributed by atoms with Crippen LogP contribution in [0.2, 0.25) is 0 Å². The van der Waals surface area contributed by atoms with Gasteiger partial charge in [-0.25, -0.2) is 12.8 Å². The number of carbonyl (C=O) groups excluding carboxylic acids is 1. The predicted octanol–water partition coefficient (Wildman–Crippen LogP) is 2.26. The Kier molecular flexibility index (Phi) is 5.46. The van der Waals surface area contributed by atoms with Crippen LogP contribution in [-0.2, 0) is 21.4 Å². The second-order valence-corrected chi connectivity index (χ2v) is 9.19. The number of amides is 1. The molecule has 0 spiro atoms. The maximum Gasteiger partial charge on any atom is 0.255 e. The lowest BCUT2D eigenvalue weighted by atomic mass is 10.0. The molecule has 1 amide bonds. The minimum absolute atomic E-state index is 0.0484. The number of nitrogens with zero attached hydrogens (tertiary/aromatic N) is 1. The van der Waals surface area contributed by atoms with Gasteiger partial charge in [-0.3, -0.25) is 9.10 Å². The van der Waals surface area contributed by atoms with Gasteiger partial charge < -0.3 is 19.6 Å². The fraction of sp³-hybridized carbons (Fsp3) is 0.286. The Morgan fingerprint density at radius 2 is 2.00 bits per heavy atom. The average molecular weight is 448 g/mol. The molecule has 3 aromatic rings. The summed E-state index contributed by atoms with van der Waals surface area (Å²) in [6.07, 6.45) is 0.379. The van der Waals surface area contributed by atoms with Crippen molar-refractivity contribution in [2.24, 2.45) is 0 Å². The van der Waals surface area contributed by atoms with Crippen molar-refractivity contribution in [1.82, 2.24) is 5.32 Å². The monoisotopic (exact) mass is 448 g/mol. The number of fused-ring (bicyclic) bond motifs is 2. The maximum atomic E-state index is 13.4. The number of halogens is 1. The lowest BCUT2D eigenvalue weighted by molar-refractivity contribution is 0.0127. The van der Waals surface area contributed by atoms with E-state index in [4.69, 9.17) is 9.15 Å². The first-order valence-electron chi connectivity index (χ1n) is 9.50. The highest BCUT2D eigenvalue weighted by Gasteiger charge is 2.30. The number of hydrogen-bond acceptors (Lipinski definition) is 6. The number of nitrogens with one attached hydrogen (secondary N) is 1. The molecule has 0 saturated heterocycles. The van der Waals surface area contributed by atoms with Crippen molar-refractivity contribution in [3.8, 4) is 11.3 Å². The van der Waals surface area contributed by atoms with Crippen LogP contribution in [0.3, 0.4) is 0 Å². The number of aliphatic hydroxyl groups is 1. The summed E-state index contributed by atoms with van der Waals surface area (Å²) in [6.45, 7) is -0.344. The third-order valence-electron chi connectivity index (χ3n) is 5.17. The quantitative estimate of drug-likeness (QED) is 0.634. The third kappa shape index (κ3) is 3.89. The molecule has 2 heterocycles. The molecular formula is C21H21FN2O6S. The minimum atomic E-state index is -3.68. The normalized spacial score (nSPS) is 16.8. The molecule has 4 rings (SSSR count). The van der Waals surface area contributed by atoms with Gasteiger partial charge in [0.2, 0.25) is 10.0 Å². The van der Waals surface area contributed by atoms with E-state index >= 15 is 0 Å². The topological polar surface area (TPSA) is 109 Å². The fourth-order valence-corrected chi connectivity index (χ4v) is 4.61. The van der Waals surface area contributed by atoms with E-state index in [0.29, 0.717) is 27.8 Å². The molecule has 1 aliphatic heterocycles. The fourth-order valence-electron chi connectivity index (χ4n) is 3.65. The van der Waals surface area contributed by atoms with Crippen molar-refractivity contribution in [2.45, 2.75) is 12.7 Å². The SMILES string of the molecule is CNC(=O)c1c(-c2ccc(F)cc2)oc2cc3c(cc12)CO[C@H](CO)CN3S(C)(=O)=O. The Morgan fingerprint density at radius 1 is 1.29 bits per heavy atom. The molecule has 164 valence electrons. The molecule has 10 heteroatoms. The first kappa shape index (κ1) is 21.3. The van der Waals surface area contributed by atoms with Gasteiger partial charge in [0.05, 0.1) is 43.4 Å². The number of aliphatic hydroxyl groups excluding tert-OH is 1. The third-order valence-corrected chi connectivity index (χ3v) is 6.31. The molecule has 8 nitrogen and oxygen atoms in total. The van der Waals surface area contributed by atoms with E-state index in [0.717, 1.165) is 10.6 Å². The van der Waals surface area contributed by atoms with E-state index in [2.05, 4.69) is 5.32 Å². The van der Waals surface area contributed by atoms with Gasteiger partial charge in [-0.15, -0.1) is 0 Å². The molecule has 1 aliphatic rings. The van der Waals surface area contributed by atoms with Crippen LogP contribution in [-0.4, -0.2) is 52.0 Å². The zero-order chi connectivity index (χ0) is 22.3. The zero-order valence-electron chi connectivity index (χ0n) is 16.9. The average Bonchev–Trinajstić information content (AvgIpc) is 2.99. The summed E-state index contributed by atoms with van der Waals surface area (Å²) in [4.78, 5) is 12.7. The van der Waals surface area contributed by atoms with Gasteiger partial charge in [0.25, 0.3) is 5.91 Å². The van der Waals surface area contributed by atoms with Gasteiger partial charge in [0, 0.05) is 29.6 Å². The molecule has 2 N–H and O–H groups in total. The summed E-state index contributed by atoms with van der Waals surface area (Å²) in [5, 5.41) is 12.6. The Morgan fingerprint density at radius 3 is 2.61 bits per heavy atom. The van der Waals surface area contributed by atoms with Gasteiger partial charge in [0.1, 0.15) is 17.2 Å². The van der Waals surface area contributed by atoms with Gasteiger partial charge in [-0.1, -0.05) is 0 Å². The number of carbonyl (C=O) groups is 1. The number of benzene rings is 2. The van der Waals surface area contributed by atoms with E-state index < -0.39 is 27.9 Å². The van der Waals surface area contributed by atoms with E-state index in [9.17, 15) is 22.7 Å². The number of ether oxygens (including phenoxy) is 1. The molecule has 0 fully saturated rings. The number of anilines is 1. The van der Waals surface area contributed by atoms with Gasteiger partial charge in [0.15, 0.2) is 0 Å². The standard InChI is InChI=1S/C21H21FN2O6S/c1-23-21(26)19-16-7-13-11-29-15(10-25)9-24(31(2,27)28)17(13)8-18(16)30-20(19)12-3-5-14(22)6-4-12/h3-8,15,25H,9-11H2,1-2H3,(H,23,26)/t15-/m0/s1. The van der Waals surface area contributed by atoms with Crippen LogP contribution in [0.25, 0.3) is 22.3 Å². The molecule has 31 heavy (non-hydrogen) atoms. The lowest BCUT2D eigenvalue weighted by Crippen LogP contribution is -2.38. The number of furan rings is 1. The van der Waals surface area contributed by atoms with E-state index in [-0.39, 0.29) is 31.1 Å². The molecule has 0 saturated carbocycles. The summed E-state index contributed by atoms with van der Waals surface area (Å²) >= 11 is 0. The Balaban J connectivity index is 1.97. The Hall–Kier alpha value is -2.95. The molecule has 0 bridgehead atoms. The largest absolute Gasteiger partial charge is 0.455 e. The molecule has 1 aromatic heterocycles. The smallest absolute Gasteiger partial charge is 0.255 e. The van der Waals surface area contributed by atoms with Crippen LogP contribution in [0, 0.1) is 5.82 Å². The van der Waals surface area contributed by atoms with Crippen LogP contribution in [0.4, 0.5) is 10.1 Å². The van der Waals surface area contributed by atoms with Crippen molar-refractivity contribution in [1.29, 1.82) is 0 Å². The molecule has 0 aliphatic carbocycles. The summed E-state index contributed by atoms with van der Waals surface area (Å²) in [5.74, 6) is -0.581. The number of sulfonamides is 1. The summed E-state index contributed by atoms with van der Waals surface area (Å²) in [6, 6.07) is 8.74. The molecule has 1 atom stereocenters. The van der Waals surface area contributed by atoms with Gasteiger partial charge in [-0.05, 0) is 30.3 Å². The van der Waals surface area contributed by atoms with E-state index in [1.54, 1.807) is 12.1 Å². The van der Waals surface area contributed by atoms with Crippen molar-refractivity contribution in [2.75, 3.05) is 30.8 Å². The van der Waals surface area contributed by atoms with Crippen molar-refractivity contribution >= 4 is 32.6 Å². The van der Waals surface area contributed by atoms with Gasteiger partial charge >= 0.3 is 0 Å². The summed E-state index contributed by atoms with van der Waals surface area (Å²) in [7, 11) is -2.19. The second-order valence-electron chi connectivity index (χ2n) is 7.28. The van der Waals surface area contributed by atoms with Crippen molar-refractivity contribution < 1.29 is 31.9 Å². The van der Waals surface area contributed by atoms with Crippen LogP contribution in [0.1, 0.15) is 15.9 Å². The molecule has 2 aromatic carbocycles. The molecule has 0 unspecified atom stereocenters. The lowest BCUT2D eigenvalue weighted by Gasteiger charge is -2.24. The first-order valence-corrected chi connectivity index (χ1v) is 11.4. The number of hydrogen-bond donors (Lipinski definition) is 2. The zero-order valence-corrected chi connectivity index (χ0v) is 17.7. The highest BCUT2D eigenvalue weighted by atomic mass is 32.2. The Labute approximate surface area is 178 Å². The number of rotatable bonds is 4. The van der Waals surface area contributed by atoms with Crippen molar-refractivity contribution in [3.63, 3.8) is 0 Å². The highest BCUT2D eigenvalue weighted by molar-refractivity contribution is 7.92. The maximum absolute atomic E-state index is 13.4. The van der Waals surface area contributed by atoms with Crippen molar-refractivity contribution in [3.05, 3.63) is 53.3 Å². The van der Waals surface area contributed by atoms with Crippen LogP contribution in [0.15, 0.2) is 40.8 Å². The van der Waals surface area contributed by atoms with E-state index in [1.165, 1.54) is 31.3 Å². The predicted molar refractivity (Wildman–Crippen MR) is 113 cm³/mol. The second kappa shape index (κ2) is 7.95. The summed E-state index contributed by atoms with van der Waals surface area (Å²) < 4.78 is 51.1. The van der Waals surface area contributed by atoms with Crippen LogP contribution in [0.5, 0.6) is 0 Å². The van der Waals surface area contributed by atoms with E-state index in [1.807, 2.05) is 0 Å². The minimum Gasteiger partial charge on any atom is -0.455 e. The van der Waals surface area contributed by atoms with Crippen LogP contribution >= 0.6 is 0 Å². The van der Waals surface area contributed by atoms with Gasteiger partial charge in [-0.2, -0.15) is 0 Å².